The zero-order valence-electron chi connectivity index (χ0n) is 25.2. The van der Waals surface area contributed by atoms with E-state index in [2.05, 4.69) is 26.1 Å². The van der Waals surface area contributed by atoms with Gasteiger partial charge in [0.25, 0.3) is 0 Å². The lowest BCUT2D eigenvalue weighted by molar-refractivity contribution is -0.144. The number of rotatable bonds is 8. The summed E-state index contributed by atoms with van der Waals surface area (Å²) in [6, 6.07) is 3.75. The minimum Gasteiger partial charge on any atom is -0.480 e. The van der Waals surface area contributed by atoms with Gasteiger partial charge in [0.2, 0.25) is 0 Å². The molecule has 1 atom stereocenters. The third-order valence-corrected chi connectivity index (χ3v) is 8.08. The second kappa shape index (κ2) is 15.5. The fraction of sp³-hybridized carbons (Fsp3) is 0.321. The Hall–Kier alpha value is -3.61. The van der Waals surface area contributed by atoms with Crippen molar-refractivity contribution in [2.45, 2.75) is 51.4 Å². The molecule has 0 radical (unpaired) electrons. The number of esters is 1. The third kappa shape index (κ3) is 8.95. The molecule has 2 aromatic heterocycles. The van der Waals surface area contributed by atoms with Crippen molar-refractivity contribution < 1.29 is 50.2 Å². The summed E-state index contributed by atoms with van der Waals surface area (Å²) >= 11 is 20.1. The zero-order chi connectivity index (χ0) is 37.3. The fourth-order valence-electron chi connectivity index (χ4n) is 4.18. The van der Waals surface area contributed by atoms with Gasteiger partial charge in [0.15, 0.2) is 11.5 Å². The minimum atomic E-state index is -4.69. The average Bonchev–Trinajstić information content (AvgIpc) is 3.43. The summed E-state index contributed by atoms with van der Waals surface area (Å²) < 4.78 is 99.0. The zero-order valence-corrected chi connectivity index (χ0v) is 29.1. The Bertz CT molecular complexity index is 1960. The number of hydrogen-bond acceptors (Lipinski definition) is 6. The number of benzene rings is 2. The highest BCUT2D eigenvalue weighted by atomic mass is 79.9. The van der Waals surface area contributed by atoms with Gasteiger partial charge in [-0.25, -0.2) is 22.9 Å². The van der Waals surface area contributed by atoms with Gasteiger partial charge in [-0.05, 0) is 66.5 Å². The van der Waals surface area contributed by atoms with E-state index in [-0.39, 0.29) is 49.2 Å². The monoisotopic (exact) mass is 825 g/mol. The van der Waals surface area contributed by atoms with Crippen molar-refractivity contribution in [2.24, 2.45) is 7.05 Å². The molecule has 0 aliphatic rings. The van der Waals surface area contributed by atoms with Gasteiger partial charge in [-0.2, -0.15) is 31.7 Å². The Balaban J connectivity index is 0.000000266. The summed E-state index contributed by atoms with van der Waals surface area (Å²) in [5.41, 5.74) is -3.40. The predicted octanol–water partition coefficient (Wildman–Crippen LogP) is 7.99. The van der Waals surface area contributed by atoms with Crippen molar-refractivity contribution in [3.05, 3.63) is 83.5 Å². The Labute approximate surface area is 295 Å². The van der Waals surface area contributed by atoms with E-state index in [9.17, 15) is 45.1 Å². The van der Waals surface area contributed by atoms with E-state index < -0.39 is 69.3 Å². The standard InChI is InChI=1S/C15H12BrClF4N2O2.C13H10Cl2F3N3O3/c1-6(2)25-14(24)7-4-8(10(18)5-9(7)17)12-11(16)13(15(19,20)21)23(3)22-12;1-5-19-21(13(24)20(5)12(17)18)10-3-6(2-8(15)11(22)23)7(14)4-9(10)16/h4-6H,1-3H3;3-4,8,12H,2H2,1H3,(H,22,23). The second-order valence-corrected chi connectivity index (χ2v) is 12.3. The number of aryl methyl sites for hydroxylation is 2. The topological polar surface area (TPSA) is 121 Å². The molecule has 21 heteroatoms. The lowest BCUT2D eigenvalue weighted by atomic mass is 10.1. The number of aliphatic carboxylic acids is 1. The van der Waals surface area contributed by atoms with Crippen molar-refractivity contribution >= 4 is 62.7 Å². The van der Waals surface area contributed by atoms with Crippen LogP contribution in [0.4, 0.5) is 30.7 Å². The fourth-order valence-corrected chi connectivity index (χ4v) is 5.58. The van der Waals surface area contributed by atoms with Crippen LogP contribution in [-0.2, 0) is 29.2 Å². The highest BCUT2D eigenvalue weighted by Gasteiger charge is 2.39. The second-order valence-electron chi connectivity index (χ2n) is 10.2. The molecule has 0 saturated heterocycles. The maximum Gasteiger partial charge on any atom is 0.434 e. The normalized spacial score (nSPS) is 12.3. The van der Waals surface area contributed by atoms with Crippen LogP contribution in [0.3, 0.4) is 0 Å². The van der Waals surface area contributed by atoms with Crippen LogP contribution in [-0.4, -0.2) is 52.7 Å². The number of carboxylic acids is 1. The molecule has 0 aliphatic carbocycles. The van der Waals surface area contributed by atoms with E-state index in [0.29, 0.717) is 9.36 Å². The quantitative estimate of drug-likeness (QED) is 0.109. The Morgan fingerprint density at radius 3 is 2.12 bits per heavy atom. The predicted molar refractivity (Wildman–Crippen MR) is 167 cm³/mol. The number of carbonyl (C=O) groups excluding carboxylic acids is 1. The van der Waals surface area contributed by atoms with Crippen LogP contribution >= 0.6 is 50.7 Å². The van der Waals surface area contributed by atoms with Crippen LogP contribution < -0.4 is 5.69 Å². The van der Waals surface area contributed by atoms with Crippen molar-refractivity contribution in [3.8, 4) is 16.9 Å². The van der Waals surface area contributed by atoms with Crippen molar-refractivity contribution in [1.29, 1.82) is 0 Å². The number of carbonyl (C=O) groups is 2. The summed E-state index contributed by atoms with van der Waals surface area (Å²) in [5, 5.41) is 14.5. The van der Waals surface area contributed by atoms with Crippen molar-refractivity contribution in [1.82, 2.24) is 24.1 Å². The van der Waals surface area contributed by atoms with Gasteiger partial charge in [0.1, 0.15) is 28.4 Å². The van der Waals surface area contributed by atoms with Gasteiger partial charge in [-0.1, -0.05) is 23.2 Å². The van der Waals surface area contributed by atoms with Crippen molar-refractivity contribution in [2.75, 3.05) is 0 Å². The SMILES string of the molecule is CC(C)OC(=O)c1cc(-c2nn(C)c(C(F)(F)F)c2Br)c(F)cc1Cl.Cc1nn(-c2cc(CC(Cl)C(=O)O)c(Cl)cc2F)c(=O)n1C(F)F. The molecule has 0 amide bonds. The number of ether oxygens (including phenoxy) is 1. The summed E-state index contributed by atoms with van der Waals surface area (Å²) in [7, 11) is 1.08. The Kier molecular flexibility index (Phi) is 12.6. The van der Waals surface area contributed by atoms with E-state index >= 15 is 0 Å². The van der Waals surface area contributed by atoms with Crippen LogP contribution in [0.15, 0.2) is 33.5 Å². The van der Waals surface area contributed by atoms with Gasteiger partial charge in [-0.3, -0.25) is 9.48 Å². The number of hydrogen-bond donors (Lipinski definition) is 1. The van der Waals surface area contributed by atoms with Crippen LogP contribution in [0.5, 0.6) is 0 Å². The number of aromatic nitrogens is 5. The highest BCUT2D eigenvalue weighted by molar-refractivity contribution is 9.10. The van der Waals surface area contributed by atoms with Gasteiger partial charge in [-0.15, -0.1) is 16.7 Å². The summed E-state index contributed by atoms with van der Waals surface area (Å²) in [4.78, 5) is 34.8. The number of nitrogens with zero attached hydrogens (tertiary/aromatic N) is 5. The third-order valence-electron chi connectivity index (χ3n) is 6.32. The molecule has 4 aromatic rings. The number of halogens is 11. The van der Waals surface area contributed by atoms with Gasteiger partial charge >= 0.3 is 30.4 Å². The van der Waals surface area contributed by atoms with Crippen molar-refractivity contribution in [3.63, 3.8) is 0 Å². The van der Waals surface area contributed by atoms with E-state index in [1.54, 1.807) is 13.8 Å². The Morgan fingerprint density at radius 2 is 1.63 bits per heavy atom. The molecule has 0 saturated carbocycles. The van der Waals surface area contributed by atoms with E-state index in [1.807, 2.05) is 0 Å². The molecule has 0 aliphatic heterocycles. The molecule has 4 rings (SSSR count). The lowest BCUT2D eigenvalue weighted by Gasteiger charge is -2.11. The van der Waals surface area contributed by atoms with E-state index in [4.69, 9.17) is 44.6 Å². The molecular formula is C28H22BrCl3F7N5O5. The molecule has 0 bridgehead atoms. The average molecular weight is 828 g/mol. The maximum absolute atomic E-state index is 14.3. The molecule has 266 valence electrons. The van der Waals surface area contributed by atoms with Gasteiger partial charge in [0, 0.05) is 24.1 Å². The maximum atomic E-state index is 14.3. The van der Waals surface area contributed by atoms with Crippen LogP contribution in [0.25, 0.3) is 16.9 Å². The molecule has 49 heavy (non-hydrogen) atoms. The minimum absolute atomic E-state index is 0.0926. The molecule has 1 unspecified atom stereocenters. The molecule has 1 N–H and O–H groups in total. The number of alkyl halides is 6. The van der Waals surface area contributed by atoms with Crippen LogP contribution in [0.2, 0.25) is 10.0 Å². The highest BCUT2D eigenvalue weighted by Crippen LogP contribution is 2.41. The first-order chi connectivity index (χ1) is 22.6. The molecule has 0 spiro atoms. The molecule has 2 aromatic carbocycles. The molecule has 2 heterocycles. The summed E-state index contributed by atoms with van der Waals surface area (Å²) in [5.74, 6) is -4.34. The van der Waals surface area contributed by atoms with Crippen LogP contribution in [0.1, 0.15) is 47.8 Å². The summed E-state index contributed by atoms with van der Waals surface area (Å²) in [6.07, 6.45) is -5.40. The first kappa shape index (κ1) is 39.8. The number of carboxylic acid groups (broad SMARTS) is 1. The summed E-state index contributed by atoms with van der Waals surface area (Å²) in [6.45, 7) is 1.25. The molecular weight excluding hydrogens is 806 g/mol. The largest absolute Gasteiger partial charge is 0.480 e. The van der Waals surface area contributed by atoms with Gasteiger partial charge in [0.05, 0.1) is 21.2 Å². The smallest absolute Gasteiger partial charge is 0.434 e. The Morgan fingerprint density at radius 1 is 1.04 bits per heavy atom. The molecule has 10 nitrogen and oxygen atoms in total. The van der Waals surface area contributed by atoms with Crippen LogP contribution in [0, 0.1) is 18.6 Å². The van der Waals surface area contributed by atoms with Gasteiger partial charge < -0.3 is 9.84 Å². The molecule has 0 fully saturated rings. The van der Waals surface area contributed by atoms with E-state index in [1.165, 1.54) is 0 Å². The first-order valence-corrected chi connectivity index (χ1v) is 15.4. The lowest BCUT2D eigenvalue weighted by Crippen LogP contribution is -2.25. The van der Waals surface area contributed by atoms with E-state index in [0.717, 1.165) is 38.2 Å². The first-order valence-electron chi connectivity index (χ1n) is 13.4.